The van der Waals surface area contributed by atoms with Gasteiger partial charge < -0.3 is 10.0 Å². The van der Waals surface area contributed by atoms with Crippen LogP contribution in [0.2, 0.25) is 0 Å². The molecule has 0 heterocycles. The molecule has 0 aromatic rings. The van der Waals surface area contributed by atoms with Crippen molar-refractivity contribution < 1.29 is 5.11 Å². The number of aliphatic hydroxyl groups is 1. The summed E-state index contributed by atoms with van der Waals surface area (Å²) in [6.07, 6.45) is 2.77. The smallest absolute Gasteiger partial charge is 0.0558 e. The molecule has 1 fully saturated rings. The van der Waals surface area contributed by atoms with E-state index in [9.17, 15) is 0 Å². The Labute approximate surface area is 62.8 Å². The maximum atomic E-state index is 8.65. The fourth-order valence-corrected chi connectivity index (χ4v) is 1.30. The predicted octanol–water partition coefficient (Wildman–Crippen LogP) is 0.709. The zero-order valence-electron chi connectivity index (χ0n) is 6.88. The highest BCUT2D eigenvalue weighted by molar-refractivity contribution is 4.83. The van der Waals surface area contributed by atoms with Gasteiger partial charge in [0.2, 0.25) is 0 Å². The van der Waals surface area contributed by atoms with Gasteiger partial charge >= 0.3 is 0 Å². The summed E-state index contributed by atoms with van der Waals surface area (Å²) in [6.45, 7) is 3.35. The van der Waals surface area contributed by atoms with Crippen molar-refractivity contribution in [3.05, 3.63) is 0 Å². The van der Waals surface area contributed by atoms with Crippen LogP contribution >= 0.6 is 0 Å². The zero-order valence-corrected chi connectivity index (χ0v) is 6.88. The first-order valence-electron chi connectivity index (χ1n) is 4.07. The first kappa shape index (κ1) is 8.02. The summed E-state index contributed by atoms with van der Waals surface area (Å²) < 4.78 is 0. The summed E-state index contributed by atoms with van der Waals surface area (Å²) in [7, 11) is 2.08. The number of likely N-dealkylation sites (N-methyl/N-ethyl adjacent to an activating group) is 1. The van der Waals surface area contributed by atoms with E-state index in [0.717, 1.165) is 12.5 Å². The van der Waals surface area contributed by atoms with E-state index in [-0.39, 0.29) is 6.61 Å². The van der Waals surface area contributed by atoms with Crippen molar-refractivity contribution in [2.45, 2.75) is 25.8 Å². The molecule has 1 atom stereocenters. The molecule has 1 aliphatic carbocycles. The molecular weight excluding hydrogens is 126 g/mol. The molecule has 1 saturated carbocycles. The number of hydrogen-bond donors (Lipinski definition) is 1. The van der Waals surface area contributed by atoms with E-state index in [0.29, 0.717) is 6.04 Å². The Morgan fingerprint density at radius 3 is 2.60 bits per heavy atom. The molecule has 0 spiro atoms. The molecule has 0 saturated heterocycles. The molecule has 0 aliphatic heterocycles. The summed E-state index contributed by atoms with van der Waals surface area (Å²) >= 11 is 0. The van der Waals surface area contributed by atoms with E-state index < -0.39 is 0 Å². The summed E-state index contributed by atoms with van der Waals surface area (Å²) in [5.74, 6) is 0.913. The standard InChI is InChI=1S/C8H17NO/c1-7(8-3-4-8)9(2)5-6-10/h7-8,10H,3-6H2,1-2H3. The van der Waals surface area contributed by atoms with Crippen molar-refractivity contribution in [2.24, 2.45) is 5.92 Å². The van der Waals surface area contributed by atoms with Crippen molar-refractivity contribution in [3.63, 3.8) is 0 Å². The Morgan fingerprint density at radius 1 is 1.60 bits per heavy atom. The monoisotopic (exact) mass is 143 g/mol. The highest BCUT2D eigenvalue weighted by Crippen LogP contribution is 2.34. The SMILES string of the molecule is CC(C1CC1)N(C)CCO. The molecule has 10 heavy (non-hydrogen) atoms. The Balaban J connectivity index is 2.17. The van der Waals surface area contributed by atoms with Crippen molar-refractivity contribution >= 4 is 0 Å². The van der Waals surface area contributed by atoms with Crippen LogP contribution in [-0.4, -0.2) is 36.2 Å². The summed E-state index contributed by atoms with van der Waals surface area (Å²) in [5.41, 5.74) is 0. The number of aliphatic hydroxyl groups excluding tert-OH is 1. The van der Waals surface area contributed by atoms with Crippen LogP contribution in [-0.2, 0) is 0 Å². The number of rotatable bonds is 4. The van der Waals surface area contributed by atoms with Gasteiger partial charge in [-0.25, -0.2) is 0 Å². The van der Waals surface area contributed by atoms with Gasteiger partial charge in [0.05, 0.1) is 6.61 Å². The van der Waals surface area contributed by atoms with Crippen LogP contribution < -0.4 is 0 Å². The van der Waals surface area contributed by atoms with E-state index in [2.05, 4.69) is 18.9 Å². The minimum absolute atomic E-state index is 0.285. The second-order valence-electron chi connectivity index (χ2n) is 3.28. The van der Waals surface area contributed by atoms with Crippen LogP contribution in [0.25, 0.3) is 0 Å². The second-order valence-corrected chi connectivity index (χ2v) is 3.28. The van der Waals surface area contributed by atoms with E-state index in [1.807, 2.05) is 0 Å². The largest absolute Gasteiger partial charge is 0.395 e. The third-order valence-corrected chi connectivity index (χ3v) is 2.45. The Morgan fingerprint density at radius 2 is 2.20 bits per heavy atom. The fraction of sp³-hybridized carbons (Fsp3) is 1.00. The highest BCUT2D eigenvalue weighted by atomic mass is 16.3. The average molecular weight is 143 g/mol. The maximum absolute atomic E-state index is 8.65. The lowest BCUT2D eigenvalue weighted by Crippen LogP contribution is -2.32. The first-order valence-corrected chi connectivity index (χ1v) is 4.07. The van der Waals surface area contributed by atoms with Crippen molar-refractivity contribution in [3.8, 4) is 0 Å². The molecule has 2 heteroatoms. The lowest BCUT2D eigenvalue weighted by atomic mass is 10.2. The van der Waals surface area contributed by atoms with Crippen LogP contribution in [0.4, 0.5) is 0 Å². The minimum atomic E-state index is 0.285. The molecule has 1 N–H and O–H groups in total. The van der Waals surface area contributed by atoms with Gasteiger partial charge in [0.25, 0.3) is 0 Å². The van der Waals surface area contributed by atoms with Gasteiger partial charge in [0, 0.05) is 12.6 Å². The molecule has 0 aromatic carbocycles. The lowest BCUT2D eigenvalue weighted by Gasteiger charge is -2.23. The number of nitrogens with zero attached hydrogens (tertiary/aromatic N) is 1. The Hall–Kier alpha value is -0.0800. The van der Waals surface area contributed by atoms with Crippen LogP contribution in [0.5, 0.6) is 0 Å². The van der Waals surface area contributed by atoms with Gasteiger partial charge in [-0.2, -0.15) is 0 Å². The predicted molar refractivity (Wildman–Crippen MR) is 41.9 cm³/mol. The van der Waals surface area contributed by atoms with Crippen molar-refractivity contribution in [1.29, 1.82) is 0 Å². The molecule has 0 aromatic heterocycles. The van der Waals surface area contributed by atoms with Gasteiger partial charge in [0.15, 0.2) is 0 Å². The van der Waals surface area contributed by atoms with Gasteiger partial charge in [-0.05, 0) is 32.7 Å². The van der Waals surface area contributed by atoms with Gasteiger partial charge in [-0.3, -0.25) is 0 Å². The summed E-state index contributed by atoms with van der Waals surface area (Å²) in [6, 6.07) is 0.673. The van der Waals surface area contributed by atoms with Crippen LogP contribution in [0, 0.1) is 5.92 Å². The van der Waals surface area contributed by atoms with Gasteiger partial charge in [-0.15, -0.1) is 0 Å². The molecule has 0 bridgehead atoms. The van der Waals surface area contributed by atoms with Crippen LogP contribution in [0.1, 0.15) is 19.8 Å². The number of hydrogen-bond acceptors (Lipinski definition) is 2. The molecule has 1 unspecified atom stereocenters. The van der Waals surface area contributed by atoms with E-state index in [4.69, 9.17) is 5.11 Å². The molecule has 60 valence electrons. The lowest BCUT2D eigenvalue weighted by molar-refractivity contribution is 0.176. The first-order chi connectivity index (χ1) is 4.75. The molecule has 2 nitrogen and oxygen atoms in total. The fourth-order valence-electron chi connectivity index (χ4n) is 1.30. The van der Waals surface area contributed by atoms with E-state index in [1.165, 1.54) is 12.8 Å². The summed E-state index contributed by atoms with van der Waals surface area (Å²) in [4.78, 5) is 2.23. The van der Waals surface area contributed by atoms with E-state index in [1.54, 1.807) is 0 Å². The molecule has 0 radical (unpaired) electrons. The zero-order chi connectivity index (χ0) is 7.56. The van der Waals surface area contributed by atoms with Crippen LogP contribution in [0.3, 0.4) is 0 Å². The Kier molecular flexibility index (Phi) is 2.69. The van der Waals surface area contributed by atoms with Gasteiger partial charge in [0.1, 0.15) is 0 Å². The molecule has 1 rings (SSSR count). The second kappa shape index (κ2) is 3.35. The third-order valence-electron chi connectivity index (χ3n) is 2.45. The highest BCUT2D eigenvalue weighted by Gasteiger charge is 2.29. The maximum Gasteiger partial charge on any atom is 0.0558 e. The topological polar surface area (TPSA) is 23.5 Å². The normalized spacial score (nSPS) is 21.6. The average Bonchev–Trinajstić information content (AvgIpc) is 2.68. The Bertz CT molecular complexity index is 101. The van der Waals surface area contributed by atoms with Crippen LogP contribution in [0.15, 0.2) is 0 Å². The quantitative estimate of drug-likeness (QED) is 0.626. The minimum Gasteiger partial charge on any atom is -0.395 e. The van der Waals surface area contributed by atoms with Gasteiger partial charge in [-0.1, -0.05) is 0 Å². The molecule has 1 aliphatic rings. The summed E-state index contributed by atoms with van der Waals surface area (Å²) in [5, 5.41) is 8.65. The van der Waals surface area contributed by atoms with Crippen molar-refractivity contribution in [2.75, 3.05) is 20.2 Å². The van der Waals surface area contributed by atoms with E-state index >= 15 is 0 Å². The molecule has 0 amide bonds. The molecular formula is C8H17NO. The van der Waals surface area contributed by atoms with Crippen molar-refractivity contribution in [1.82, 2.24) is 4.90 Å². The third kappa shape index (κ3) is 1.96.